The summed E-state index contributed by atoms with van der Waals surface area (Å²) in [5.74, 6) is 4.61. The van der Waals surface area contributed by atoms with Gasteiger partial charge in [-0.2, -0.15) is 0 Å². The number of hydrogen-bond donors (Lipinski definition) is 4. The number of nitrogens with zero attached hydrogens (tertiary/aromatic N) is 2. The van der Waals surface area contributed by atoms with Crippen LogP contribution in [0.3, 0.4) is 0 Å². The van der Waals surface area contributed by atoms with E-state index in [1.165, 1.54) is 12.0 Å². The Labute approximate surface area is 226 Å². The van der Waals surface area contributed by atoms with Crippen LogP contribution in [0.25, 0.3) is 0 Å². The molecular weight excluding hydrogens is 500 g/mol. The predicted molar refractivity (Wildman–Crippen MR) is 143 cm³/mol. The standard InChI is InChI=1S/C28H32N6O5/c1-39-22-8-7-21-16-34(26(37)23(21)15-22)17-28(30,27(38)32-18-35)10-9-19-3-5-20(6-4-19)24(25(29)36)33-13-2-11-31-12-14-33/h3-8,15,18,24,31H,2,11-14,16-17,30H2,1H3,(H2,29,36)(H,32,35,38)/t24?,28-/m1/s1. The van der Waals surface area contributed by atoms with Crippen LogP contribution < -0.4 is 26.8 Å². The molecule has 1 fully saturated rings. The van der Waals surface area contributed by atoms with Crippen molar-refractivity contribution in [3.8, 4) is 17.6 Å². The largest absolute Gasteiger partial charge is 0.497 e. The smallest absolute Gasteiger partial charge is 0.260 e. The fourth-order valence-electron chi connectivity index (χ4n) is 4.86. The molecule has 0 aromatic heterocycles. The number of benzene rings is 2. The molecule has 0 radical (unpaired) electrons. The van der Waals surface area contributed by atoms with Crippen molar-refractivity contribution in [2.24, 2.45) is 11.5 Å². The second-order valence-corrected chi connectivity index (χ2v) is 9.56. The third kappa shape index (κ3) is 6.26. The average Bonchev–Trinajstić information content (AvgIpc) is 3.08. The Morgan fingerprint density at radius 2 is 1.97 bits per heavy atom. The van der Waals surface area contributed by atoms with Crippen LogP contribution in [0.5, 0.6) is 5.75 Å². The van der Waals surface area contributed by atoms with E-state index in [-0.39, 0.29) is 25.4 Å². The Hall–Kier alpha value is -4.24. The predicted octanol–water partition coefficient (Wildman–Crippen LogP) is -0.505. The molecule has 0 spiro atoms. The van der Waals surface area contributed by atoms with Crippen LogP contribution >= 0.6 is 0 Å². The molecule has 0 bridgehead atoms. The van der Waals surface area contributed by atoms with Crippen LogP contribution in [-0.2, 0) is 20.9 Å². The van der Waals surface area contributed by atoms with Crippen molar-refractivity contribution in [2.75, 3.05) is 39.8 Å². The monoisotopic (exact) mass is 532 g/mol. The molecule has 2 atom stereocenters. The van der Waals surface area contributed by atoms with E-state index in [1.54, 1.807) is 42.5 Å². The molecule has 6 N–H and O–H groups in total. The summed E-state index contributed by atoms with van der Waals surface area (Å²) in [7, 11) is 1.51. The van der Waals surface area contributed by atoms with Crippen molar-refractivity contribution in [1.29, 1.82) is 0 Å². The molecule has 2 aliphatic rings. The Balaban J connectivity index is 1.55. The van der Waals surface area contributed by atoms with Gasteiger partial charge in [0.05, 0.1) is 13.7 Å². The van der Waals surface area contributed by atoms with E-state index < -0.39 is 23.4 Å². The maximum atomic E-state index is 13.0. The van der Waals surface area contributed by atoms with E-state index in [9.17, 15) is 19.2 Å². The lowest BCUT2D eigenvalue weighted by Crippen LogP contribution is -2.59. The summed E-state index contributed by atoms with van der Waals surface area (Å²) in [6.45, 7) is 3.10. The molecule has 2 aromatic rings. The van der Waals surface area contributed by atoms with Crippen LogP contribution in [0, 0.1) is 11.8 Å². The first-order valence-electron chi connectivity index (χ1n) is 12.6. The van der Waals surface area contributed by atoms with Gasteiger partial charge in [0, 0.05) is 37.3 Å². The van der Waals surface area contributed by atoms with Gasteiger partial charge < -0.3 is 26.4 Å². The van der Waals surface area contributed by atoms with Gasteiger partial charge >= 0.3 is 0 Å². The zero-order chi connectivity index (χ0) is 28.0. The molecule has 1 unspecified atom stereocenters. The minimum atomic E-state index is -1.86. The van der Waals surface area contributed by atoms with Crippen LogP contribution in [0.1, 0.15) is 39.5 Å². The number of amides is 4. The lowest BCUT2D eigenvalue weighted by molar-refractivity contribution is -0.128. The van der Waals surface area contributed by atoms with Crippen LogP contribution in [-0.4, -0.2) is 79.3 Å². The number of fused-ring (bicyclic) bond motifs is 1. The molecule has 11 heteroatoms. The third-order valence-electron chi connectivity index (χ3n) is 6.90. The van der Waals surface area contributed by atoms with Crippen molar-refractivity contribution >= 4 is 24.1 Å². The molecule has 2 aliphatic heterocycles. The topological polar surface area (TPSA) is 160 Å². The van der Waals surface area contributed by atoms with Gasteiger partial charge in [-0.25, -0.2) is 0 Å². The molecule has 39 heavy (non-hydrogen) atoms. The number of imide groups is 1. The van der Waals surface area contributed by atoms with Gasteiger partial charge in [0.1, 0.15) is 11.8 Å². The minimum absolute atomic E-state index is 0.230. The molecule has 4 rings (SSSR count). The van der Waals surface area contributed by atoms with Gasteiger partial charge in [-0.15, -0.1) is 0 Å². The number of nitrogens with two attached hydrogens (primary N) is 2. The molecule has 1 saturated heterocycles. The Morgan fingerprint density at radius 1 is 1.21 bits per heavy atom. The molecule has 2 heterocycles. The number of ether oxygens (including phenoxy) is 1. The van der Waals surface area contributed by atoms with Crippen molar-refractivity contribution in [1.82, 2.24) is 20.4 Å². The van der Waals surface area contributed by atoms with Crippen molar-refractivity contribution < 1.29 is 23.9 Å². The summed E-state index contributed by atoms with van der Waals surface area (Å²) in [4.78, 5) is 52.6. The number of nitrogens with one attached hydrogen (secondary N) is 2. The molecule has 2 aromatic carbocycles. The summed E-state index contributed by atoms with van der Waals surface area (Å²) in [6.07, 6.45) is 1.14. The van der Waals surface area contributed by atoms with Crippen molar-refractivity contribution in [3.05, 3.63) is 64.7 Å². The average molecular weight is 533 g/mol. The summed E-state index contributed by atoms with van der Waals surface area (Å²) in [5, 5.41) is 5.37. The number of hydrogen-bond acceptors (Lipinski definition) is 8. The van der Waals surface area contributed by atoms with E-state index in [2.05, 4.69) is 27.4 Å². The highest BCUT2D eigenvalue weighted by Gasteiger charge is 2.39. The summed E-state index contributed by atoms with van der Waals surface area (Å²) in [6, 6.07) is 11.6. The zero-order valence-corrected chi connectivity index (χ0v) is 21.7. The molecule has 4 amide bonds. The first-order valence-corrected chi connectivity index (χ1v) is 12.6. The van der Waals surface area contributed by atoms with Crippen LogP contribution in [0.15, 0.2) is 42.5 Å². The fourth-order valence-corrected chi connectivity index (χ4v) is 4.86. The number of carbonyl (C=O) groups excluding carboxylic acids is 4. The van der Waals surface area contributed by atoms with Crippen molar-refractivity contribution in [3.63, 3.8) is 0 Å². The highest BCUT2D eigenvalue weighted by Crippen LogP contribution is 2.28. The van der Waals surface area contributed by atoms with Gasteiger partial charge in [-0.3, -0.25) is 29.4 Å². The SMILES string of the molecule is COc1ccc2c(c1)C(=O)N(C[C@](N)(C#Cc1ccc(C(C(N)=O)N3CCCNCC3)cc1)C(=O)NC=O)C2. The van der Waals surface area contributed by atoms with Gasteiger partial charge in [-0.1, -0.05) is 30.0 Å². The van der Waals surface area contributed by atoms with Gasteiger partial charge in [-0.05, 0) is 48.4 Å². The molecular formula is C28H32N6O5. The van der Waals surface area contributed by atoms with Crippen LogP contribution in [0.4, 0.5) is 0 Å². The first kappa shape index (κ1) is 27.8. The Morgan fingerprint density at radius 3 is 2.67 bits per heavy atom. The highest BCUT2D eigenvalue weighted by atomic mass is 16.5. The van der Waals surface area contributed by atoms with E-state index >= 15 is 0 Å². The summed E-state index contributed by atoms with van der Waals surface area (Å²) in [5.41, 5.74) is 12.8. The Bertz CT molecular complexity index is 1310. The number of methoxy groups -OCH3 is 1. The van der Waals surface area contributed by atoms with Gasteiger partial charge in [0.2, 0.25) is 12.3 Å². The molecule has 204 valence electrons. The minimum Gasteiger partial charge on any atom is -0.497 e. The number of carbonyl (C=O) groups is 4. The van der Waals surface area contributed by atoms with Gasteiger partial charge in [0.15, 0.2) is 5.54 Å². The maximum Gasteiger partial charge on any atom is 0.260 e. The number of rotatable bonds is 8. The lowest BCUT2D eigenvalue weighted by Gasteiger charge is -2.28. The summed E-state index contributed by atoms with van der Waals surface area (Å²) >= 11 is 0. The van der Waals surface area contributed by atoms with E-state index in [1.807, 2.05) is 0 Å². The fraction of sp³-hybridized carbons (Fsp3) is 0.357. The van der Waals surface area contributed by atoms with Crippen LogP contribution in [0.2, 0.25) is 0 Å². The Kier molecular flexibility index (Phi) is 8.61. The van der Waals surface area contributed by atoms with Crippen molar-refractivity contribution in [2.45, 2.75) is 24.5 Å². The van der Waals surface area contributed by atoms with Gasteiger partial charge in [0.25, 0.3) is 11.8 Å². The second-order valence-electron chi connectivity index (χ2n) is 9.56. The van der Waals surface area contributed by atoms with E-state index in [4.69, 9.17) is 16.2 Å². The second kappa shape index (κ2) is 12.1. The molecule has 0 aliphatic carbocycles. The quantitative estimate of drug-likeness (QED) is 0.261. The zero-order valence-electron chi connectivity index (χ0n) is 21.7. The highest BCUT2D eigenvalue weighted by molar-refractivity contribution is 6.01. The number of primary amides is 1. The molecule has 0 saturated carbocycles. The lowest BCUT2D eigenvalue weighted by atomic mass is 9.98. The first-order chi connectivity index (χ1) is 18.8. The molecule has 11 nitrogen and oxygen atoms in total. The maximum absolute atomic E-state index is 13.0. The van der Waals surface area contributed by atoms with E-state index in [0.29, 0.717) is 23.4 Å². The normalized spacial score (nSPS) is 17.6. The summed E-state index contributed by atoms with van der Waals surface area (Å²) < 4.78 is 5.21. The van der Waals surface area contributed by atoms with E-state index in [0.717, 1.165) is 37.2 Å². The third-order valence-corrected chi connectivity index (χ3v) is 6.90.